The van der Waals surface area contributed by atoms with Crippen LogP contribution in [0.25, 0.3) is 17.0 Å². The van der Waals surface area contributed by atoms with E-state index in [4.69, 9.17) is 0 Å². The maximum absolute atomic E-state index is 11.4. The van der Waals surface area contributed by atoms with Gasteiger partial charge in [-0.05, 0) is 12.1 Å². The minimum absolute atomic E-state index is 0.158. The first-order chi connectivity index (χ1) is 11.7. The van der Waals surface area contributed by atoms with Crippen molar-refractivity contribution in [2.24, 2.45) is 0 Å². The molecule has 0 aliphatic carbocycles. The maximum Gasteiger partial charge on any atom is 0.409 e. The van der Waals surface area contributed by atoms with Crippen LogP contribution in [0.4, 0.5) is 10.6 Å². The SMILES string of the molecule is COC(=O)N1CC(Nc2ccc3nnc(-c4ccccc4)n3n2)C1. The molecule has 1 amide bonds. The van der Waals surface area contributed by atoms with Crippen molar-refractivity contribution in [2.45, 2.75) is 6.04 Å². The third-order valence-corrected chi connectivity index (χ3v) is 3.96. The van der Waals surface area contributed by atoms with Crippen molar-refractivity contribution >= 4 is 17.6 Å². The van der Waals surface area contributed by atoms with Gasteiger partial charge in [0.15, 0.2) is 11.5 Å². The molecule has 0 spiro atoms. The molecule has 1 aliphatic heterocycles. The van der Waals surface area contributed by atoms with Gasteiger partial charge in [-0.1, -0.05) is 30.3 Å². The van der Waals surface area contributed by atoms with Crippen LogP contribution >= 0.6 is 0 Å². The van der Waals surface area contributed by atoms with Crippen LogP contribution in [-0.4, -0.2) is 57.0 Å². The van der Waals surface area contributed by atoms with Gasteiger partial charge in [0.25, 0.3) is 0 Å². The average molecular weight is 324 g/mol. The van der Waals surface area contributed by atoms with E-state index in [9.17, 15) is 4.79 Å². The van der Waals surface area contributed by atoms with E-state index in [1.807, 2.05) is 42.5 Å². The number of ether oxygens (including phenoxy) is 1. The van der Waals surface area contributed by atoms with E-state index in [-0.39, 0.29) is 12.1 Å². The number of aromatic nitrogens is 4. The Morgan fingerprint density at radius 2 is 1.96 bits per heavy atom. The highest BCUT2D eigenvalue weighted by molar-refractivity contribution is 5.69. The molecule has 1 N–H and O–H groups in total. The minimum Gasteiger partial charge on any atom is -0.453 e. The third kappa shape index (κ3) is 2.51. The summed E-state index contributed by atoms with van der Waals surface area (Å²) in [7, 11) is 1.38. The van der Waals surface area contributed by atoms with Crippen LogP contribution in [-0.2, 0) is 4.74 Å². The highest BCUT2D eigenvalue weighted by atomic mass is 16.5. The average Bonchev–Trinajstić information content (AvgIpc) is 3.01. The molecule has 0 radical (unpaired) electrons. The number of fused-ring (bicyclic) bond motifs is 1. The monoisotopic (exact) mass is 324 g/mol. The molecule has 0 atom stereocenters. The Kier molecular flexibility index (Phi) is 3.49. The van der Waals surface area contributed by atoms with Gasteiger partial charge in [0, 0.05) is 18.7 Å². The van der Waals surface area contributed by atoms with Crippen LogP contribution in [0.5, 0.6) is 0 Å². The van der Waals surface area contributed by atoms with Gasteiger partial charge in [-0.15, -0.1) is 15.3 Å². The fraction of sp³-hybridized carbons (Fsp3) is 0.250. The quantitative estimate of drug-likeness (QED) is 0.788. The first kappa shape index (κ1) is 14.4. The standard InChI is InChI=1S/C16H16N6O2/c1-24-16(23)21-9-12(10-21)17-13-7-8-14-18-19-15(22(14)20-13)11-5-3-2-4-6-11/h2-8,12H,9-10H2,1H3,(H,17,20). The number of nitrogens with zero attached hydrogens (tertiary/aromatic N) is 5. The number of hydrogen-bond acceptors (Lipinski definition) is 6. The molecule has 8 nitrogen and oxygen atoms in total. The number of anilines is 1. The van der Waals surface area contributed by atoms with Crippen molar-refractivity contribution in [1.82, 2.24) is 24.7 Å². The van der Waals surface area contributed by atoms with Gasteiger partial charge in [-0.3, -0.25) is 0 Å². The number of rotatable bonds is 3. The summed E-state index contributed by atoms with van der Waals surface area (Å²) in [4.78, 5) is 13.0. The summed E-state index contributed by atoms with van der Waals surface area (Å²) in [5.74, 6) is 1.41. The number of hydrogen-bond donors (Lipinski definition) is 1. The van der Waals surface area contributed by atoms with Gasteiger partial charge < -0.3 is 15.0 Å². The Balaban J connectivity index is 1.55. The van der Waals surface area contributed by atoms with Crippen LogP contribution < -0.4 is 5.32 Å². The van der Waals surface area contributed by atoms with Gasteiger partial charge >= 0.3 is 6.09 Å². The molecule has 0 bridgehead atoms. The Labute approximate surface area is 138 Å². The number of amides is 1. The molecule has 1 saturated heterocycles. The molecule has 4 rings (SSSR count). The first-order valence-corrected chi connectivity index (χ1v) is 7.62. The van der Waals surface area contributed by atoms with Crippen molar-refractivity contribution in [3.8, 4) is 11.4 Å². The maximum atomic E-state index is 11.4. The largest absolute Gasteiger partial charge is 0.453 e. The fourth-order valence-electron chi connectivity index (χ4n) is 2.69. The van der Waals surface area contributed by atoms with E-state index < -0.39 is 0 Å². The normalized spacial score (nSPS) is 14.5. The van der Waals surface area contributed by atoms with Crippen molar-refractivity contribution in [2.75, 3.05) is 25.5 Å². The number of carbonyl (C=O) groups is 1. The molecule has 0 saturated carbocycles. The van der Waals surface area contributed by atoms with E-state index in [0.717, 1.165) is 5.56 Å². The number of benzene rings is 1. The number of nitrogens with one attached hydrogen (secondary N) is 1. The van der Waals surface area contributed by atoms with Gasteiger partial charge in [0.2, 0.25) is 0 Å². The second-order valence-electron chi connectivity index (χ2n) is 5.59. The molecule has 2 aromatic heterocycles. The molecule has 1 aliphatic rings. The predicted octanol–water partition coefficient (Wildman–Crippen LogP) is 1.65. The summed E-state index contributed by atoms with van der Waals surface area (Å²) in [6.45, 7) is 1.19. The highest BCUT2D eigenvalue weighted by Crippen LogP contribution is 2.19. The topological polar surface area (TPSA) is 84.6 Å². The lowest BCUT2D eigenvalue weighted by Gasteiger charge is -2.38. The molecule has 3 heterocycles. The van der Waals surface area contributed by atoms with Gasteiger partial charge in [0.1, 0.15) is 5.82 Å². The molecular weight excluding hydrogens is 308 g/mol. The third-order valence-electron chi connectivity index (χ3n) is 3.96. The number of likely N-dealkylation sites (tertiary alicyclic amines) is 1. The van der Waals surface area contributed by atoms with Gasteiger partial charge in [-0.25, -0.2) is 4.79 Å². The summed E-state index contributed by atoms with van der Waals surface area (Å²) < 4.78 is 6.40. The zero-order valence-corrected chi connectivity index (χ0v) is 13.1. The van der Waals surface area contributed by atoms with Crippen LogP contribution in [0.2, 0.25) is 0 Å². The second kappa shape index (κ2) is 5.80. The van der Waals surface area contributed by atoms with Crippen molar-refractivity contribution in [3.63, 3.8) is 0 Å². The van der Waals surface area contributed by atoms with Crippen LogP contribution in [0.3, 0.4) is 0 Å². The van der Waals surface area contributed by atoms with E-state index >= 15 is 0 Å². The lowest BCUT2D eigenvalue weighted by molar-refractivity contribution is 0.0929. The van der Waals surface area contributed by atoms with E-state index in [1.54, 1.807) is 9.42 Å². The molecule has 8 heteroatoms. The molecule has 1 fully saturated rings. The lowest BCUT2D eigenvalue weighted by atomic mass is 10.1. The lowest BCUT2D eigenvalue weighted by Crippen LogP contribution is -2.57. The molecule has 0 unspecified atom stereocenters. The fourth-order valence-corrected chi connectivity index (χ4v) is 2.69. The zero-order valence-electron chi connectivity index (χ0n) is 13.1. The summed E-state index contributed by atoms with van der Waals surface area (Å²) in [6, 6.07) is 13.7. The summed E-state index contributed by atoms with van der Waals surface area (Å²) in [5.41, 5.74) is 1.64. The summed E-state index contributed by atoms with van der Waals surface area (Å²) in [6.07, 6.45) is -0.304. The first-order valence-electron chi connectivity index (χ1n) is 7.62. The predicted molar refractivity (Wildman–Crippen MR) is 87.6 cm³/mol. The van der Waals surface area contributed by atoms with E-state index in [0.29, 0.717) is 30.4 Å². The summed E-state index contributed by atoms with van der Waals surface area (Å²) in [5, 5.41) is 16.2. The van der Waals surface area contributed by atoms with Crippen LogP contribution in [0, 0.1) is 0 Å². The van der Waals surface area contributed by atoms with E-state index in [1.165, 1.54) is 7.11 Å². The van der Waals surface area contributed by atoms with Crippen molar-refractivity contribution < 1.29 is 9.53 Å². The molecule has 3 aromatic rings. The Hall–Kier alpha value is -3.16. The summed E-state index contributed by atoms with van der Waals surface area (Å²) >= 11 is 0. The van der Waals surface area contributed by atoms with E-state index in [2.05, 4.69) is 25.3 Å². The molecule has 24 heavy (non-hydrogen) atoms. The number of methoxy groups -OCH3 is 1. The van der Waals surface area contributed by atoms with Crippen molar-refractivity contribution in [1.29, 1.82) is 0 Å². The minimum atomic E-state index is -0.304. The Bertz CT molecular complexity index is 873. The molecule has 1 aromatic carbocycles. The molecular formula is C16H16N6O2. The van der Waals surface area contributed by atoms with Crippen molar-refractivity contribution in [3.05, 3.63) is 42.5 Å². The van der Waals surface area contributed by atoms with Crippen LogP contribution in [0.15, 0.2) is 42.5 Å². The van der Waals surface area contributed by atoms with Gasteiger partial charge in [-0.2, -0.15) is 4.52 Å². The van der Waals surface area contributed by atoms with Gasteiger partial charge in [0.05, 0.1) is 13.2 Å². The molecule has 122 valence electrons. The second-order valence-corrected chi connectivity index (χ2v) is 5.59. The zero-order chi connectivity index (χ0) is 16.5. The number of carbonyl (C=O) groups excluding carboxylic acids is 1. The van der Waals surface area contributed by atoms with Crippen LogP contribution in [0.1, 0.15) is 0 Å². The Morgan fingerprint density at radius 3 is 2.71 bits per heavy atom. The highest BCUT2D eigenvalue weighted by Gasteiger charge is 2.31. The smallest absolute Gasteiger partial charge is 0.409 e. The Morgan fingerprint density at radius 1 is 1.17 bits per heavy atom.